The molecular formula is C17H16Cl2N2O. The van der Waals surface area contributed by atoms with Gasteiger partial charge in [-0.2, -0.15) is 0 Å². The third-order valence-electron chi connectivity index (χ3n) is 3.81. The summed E-state index contributed by atoms with van der Waals surface area (Å²) in [5.74, 6) is 0. The van der Waals surface area contributed by atoms with Crippen LogP contribution in [0.15, 0.2) is 36.4 Å². The molecule has 0 saturated heterocycles. The quantitative estimate of drug-likeness (QED) is 0.831. The van der Waals surface area contributed by atoms with Gasteiger partial charge < -0.3 is 10.6 Å². The molecule has 22 heavy (non-hydrogen) atoms. The number of amides is 2. The van der Waals surface area contributed by atoms with Crippen LogP contribution in [-0.4, -0.2) is 6.03 Å². The van der Waals surface area contributed by atoms with Gasteiger partial charge in [0, 0.05) is 22.3 Å². The molecule has 0 bridgehead atoms. The van der Waals surface area contributed by atoms with Crippen molar-refractivity contribution in [1.82, 2.24) is 5.32 Å². The van der Waals surface area contributed by atoms with Crippen molar-refractivity contribution in [2.75, 3.05) is 5.32 Å². The third-order valence-corrected chi connectivity index (χ3v) is 4.40. The van der Waals surface area contributed by atoms with E-state index >= 15 is 0 Å². The SMILES string of the molecule is O=C(NCc1ccc(Cl)cc1Cl)Nc1ccc2c(c1)CCC2. The lowest BCUT2D eigenvalue weighted by atomic mass is 10.1. The van der Waals surface area contributed by atoms with Crippen molar-refractivity contribution in [3.8, 4) is 0 Å². The molecule has 1 aliphatic rings. The molecule has 1 aliphatic carbocycles. The minimum Gasteiger partial charge on any atom is -0.334 e. The summed E-state index contributed by atoms with van der Waals surface area (Å²) in [5.41, 5.74) is 4.37. The van der Waals surface area contributed by atoms with Crippen molar-refractivity contribution in [2.45, 2.75) is 25.8 Å². The van der Waals surface area contributed by atoms with Crippen LogP contribution in [0.2, 0.25) is 10.0 Å². The van der Waals surface area contributed by atoms with Crippen molar-refractivity contribution >= 4 is 34.9 Å². The summed E-state index contributed by atoms with van der Waals surface area (Å²) in [6, 6.07) is 11.1. The number of benzene rings is 2. The van der Waals surface area contributed by atoms with Gasteiger partial charge in [0.05, 0.1) is 0 Å². The fourth-order valence-corrected chi connectivity index (χ4v) is 3.14. The molecule has 0 spiro atoms. The molecule has 0 fully saturated rings. The Kier molecular flexibility index (Phi) is 4.55. The fraction of sp³-hybridized carbons (Fsp3) is 0.235. The predicted octanol–water partition coefficient (Wildman–Crippen LogP) is 4.80. The van der Waals surface area contributed by atoms with Gasteiger partial charge in [-0.3, -0.25) is 0 Å². The van der Waals surface area contributed by atoms with Crippen LogP contribution in [0.1, 0.15) is 23.1 Å². The number of anilines is 1. The van der Waals surface area contributed by atoms with Crippen LogP contribution in [0.3, 0.4) is 0 Å². The van der Waals surface area contributed by atoms with E-state index in [4.69, 9.17) is 23.2 Å². The second-order valence-electron chi connectivity index (χ2n) is 5.38. The molecule has 2 aromatic carbocycles. The van der Waals surface area contributed by atoms with Crippen LogP contribution >= 0.6 is 23.2 Å². The van der Waals surface area contributed by atoms with E-state index in [-0.39, 0.29) is 6.03 Å². The van der Waals surface area contributed by atoms with Crippen LogP contribution in [-0.2, 0) is 19.4 Å². The molecule has 0 heterocycles. The smallest absolute Gasteiger partial charge is 0.319 e. The molecule has 0 aliphatic heterocycles. The third kappa shape index (κ3) is 3.54. The summed E-state index contributed by atoms with van der Waals surface area (Å²) in [6.45, 7) is 0.354. The van der Waals surface area contributed by atoms with Crippen molar-refractivity contribution in [1.29, 1.82) is 0 Å². The lowest BCUT2D eigenvalue weighted by molar-refractivity contribution is 0.251. The Morgan fingerprint density at radius 1 is 1.05 bits per heavy atom. The van der Waals surface area contributed by atoms with Crippen LogP contribution in [0.25, 0.3) is 0 Å². The Morgan fingerprint density at radius 3 is 2.68 bits per heavy atom. The largest absolute Gasteiger partial charge is 0.334 e. The number of nitrogens with one attached hydrogen (secondary N) is 2. The van der Waals surface area contributed by atoms with Gasteiger partial charge in [0.25, 0.3) is 0 Å². The number of urea groups is 1. The van der Waals surface area contributed by atoms with E-state index < -0.39 is 0 Å². The highest BCUT2D eigenvalue weighted by Gasteiger charge is 2.12. The molecule has 2 amide bonds. The first-order chi connectivity index (χ1) is 10.6. The maximum atomic E-state index is 12.0. The Bertz CT molecular complexity index is 716. The van der Waals surface area contributed by atoms with Gasteiger partial charge in [-0.25, -0.2) is 4.79 Å². The molecule has 2 N–H and O–H groups in total. The van der Waals surface area contributed by atoms with Gasteiger partial charge in [-0.1, -0.05) is 35.3 Å². The Hall–Kier alpha value is -1.71. The minimum atomic E-state index is -0.246. The molecule has 3 nitrogen and oxygen atoms in total. The molecule has 0 unspecified atom stereocenters. The lowest BCUT2D eigenvalue weighted by Gasteiger charge is -2.10. The normalized spacial score (nSPS) is 12.8. The number of carbonyl (C=O) groups excluding carboxylic acids is 1. The van der Waals surface area contributed by atoms with Crippen LogP contribution < -0.4 is 10.6 Å². The standard InChI is InChI=1S/C17H16Cl2N2O/c18-14-6-4-13(16(19)9-14)10-20-17(22)21-15-7-5-11-2-1-3-12(11)8-15/h4-9H,1-3,10H2,(H2,20,21,22). The van der Waals surface area contributed by atoms with Crippen LogP contribution in [0.4, 0.5) is 10.5 Å². The highest BCUT2D eigenvalue weighted by atomic mass is 35.5. The molecular weight excluding hydrogens is 319 g/mol. The van der Waals surface area contributed by atoms with E-state index in [0.717, 1.165) is 24.1 Å². The molecule has 0 aromatic heterocycles. The van der Waals surface area contributed by atoms with Crippen molar-refractivity contribution < 1.29 is 4.79 Å². The van der Waals surface area contributed by atoms with Gasteiger partial charge in [0.15, 0.2) is 0 Å². The van der Waals surface area contributed by atoms with E-state index in [1.807, 2.05) is 6.07 Å². The van der Waals surface area contributed by atoms with Crippen molar-refractivity contribution in [3.05, 3.63) is 63.1 Å². The Balaban J connectivity index is 1.58. The monoisotopic (exact) mass is 334 g/mol. The summed E-state index contributed by atoms with van der Waals surface area (Å²) in [5, 5.41) is 6.78. The maximum absolute atomic E-state index is 12.0. The zero-order valence-corrected chi connectivity index (χ0v) is 13.5. The van der Waals surface area contributed by atoms with E-state index in [9.17, 15) is 4.79 Å². The van der Waals surface area contributed by atoms with Crippen LogP contribution in [0, 0.1) is 0 Å². The molecule has 0 atom stereocenters. The molecule has 0 radical (unpaired) electrons. The number of fused-ring (bicyclic) bond motifs is 1. The van der Waals surface area contributed by atoms with E-state index in [0.29, 0.717) is 16.6 Å². The Labute approximate surface area is 139 Å². The summed E-state index contributed by atoms with van der Waals surface area (Å²) >= 11 is 11.9. The van der Waals surface area contributed by atoms with Crippen molar-refractivity contribution in [3.63, 3.8) is 0 Å². The van der Waals surface area contributed by atoms with Gasteiger partial charge in [0.2, 0.25) is 0 Å². The first-order valence-electron chi connectivity index (χ1n) is 7.22. The topological polar surface area (TPSA) is 41.1 Å². The zero-order valence-electron chi connectivity index (χ0n) is 12.0. The lowest BCUT2D eigenvalue weighted by Crippen LogP contribution is -2.28. The fourth-order valence-electron chi connectivity index (χ4n) is 2.67. The molecule has 5 heteroatoms. The molecule has 3 rings (SSSR count). The van der Waals surface area contributed by atoms with E-state index in [1.54, 1.807) is 18.2 Å². The number of aryl methyl sites for hydroxylation is 2. The maximum Gasteiger partial charge on any atom is 0.319 e. The Morgan fingerprint density at radius 2 is 1.86 bits per heavy atom. The summed E-state index contributed by atoms with van der Waals surface area (Å²) in [6.07, 6.45) is 3.42. The highest BCUT2D eigenvalue weighted by Crippen LogP contribution is 2.25. The summed E-state index contributed by atoms with van der Waals surface area (Å²) in [7, 11) is 0. The van der Waals surface area contributed by atoms with Gasteiger partial charge in [-0.15, -0.1) is 0 Å². The van der Waals surface area contributed by atoms with Crippen LogP contribution in [0.5, 0.6) is 0 Å². The molecule has 2 aromatic rings. The number of hydrogen-bond donors (Lipinski definition) is 2. The second kappa shape index (κ2) is 6.59. The molecule has 114 valence electrons. The van der Waals surface area contributed by atoms with E-state index in [2.05, 4.69) is 22.8 Å². The highest BCUT2D eigenvalue weighted by molar-refractivity contribution is 6.35. The number of halogens is 2. The number of rotatable bonds is 3. The number of carbonyl (C=O) groups is 1. The second-order valence-corrected chi connectivity index (χ2v) is 6.22. The number of hydrogen-bond acceptors (Lipinski definition) is 1. The summed E-state index contributed by atoms with van der Waals surface area (Å²) in [4.78, 5) is 12.0. The first-order valence-corrected chi connectivity index (χ1v) is 7.98. The minimum absolute atomic E-state index is 0.246. The average molecular weight is 335 g/mol. The first kappa shape index (κ1) is 15.2. The average Bonchev–Trinajstić information content (AvgIpc) is 2.94. The van der Waals surface area contributed by atoms with Gasteiger partial charge in [-0.05, 0) is 60.2 Å². The zero-order chi connectivity index (χ0) is 15.5. The van der Waals surface area contributed by atoms with Crippen molar-refractivity contribution in [2.24, 2.45) is 0 Å². The van der Waals surface area contributed by atoms with E-state index in [1.165, 1.54) is 17.5 Å². The van der Waals surface area contributed by atoms with Gasteiger partial charge in [0.1, 0.15) is 0 Å². The molecule has 0 saturated carbocycles. The van der Waals surface area contributed by atoms with Gasteiger partial charge >= 0.3 is 6.03 Å². The predicted molar refractivity (Wildman–Crippen MR) is 90.8 cm³/mol. The summed E-state index contributed by atoms with van der Waals surface area (Å²) < 4.78 is 0.